The van der Waals surface area contributed by atoms with Crippen LogP contribution in [0.15, 0.2) is 285 Å². The number of carbonyl (C=O) groups is 5. The molecule has 10 aromatic carbocycles. The number of pyridine rings is 1. The topological polar surface area (TPSA) is 459 Å². The smallest absolute Gasteiger partial charge is 0.482 e. The summed E-state index contributed by atoms with van der Waals surface area (Å²) in [5.74, 6) is -3.33. The van der Waals surface area contributed by atoms with E-state index in [1.165, 1.54) is 69.7 Å². The van der Waals surface area contributed by atoms with Gasteiger partial charge in [0.05, 0.1) is 37.5 Å². The molecule has 5 atom stereocenters. The second-order valence-corrected chi connectivity index (χ2v) is 32.6. The van der Waals surface area contributed by atoms with Gasteiger partial charge in [0.25, 0.3) is 0 Å². The molecule has 0 aliphatic heterocycles. The van der Waals surface area contributed by atoms with Crippen LogP contribution in [0, 0.1) is 27.5 Å². The van der Waals surface area contributed by atoms with Crippen molar-refractivity contribution < 1.29 is 103 Å². The molecule has 0 saturated heterocycles. The highest BCUT2D eigenvalue weighted by Crippen LogP contribution is 2.42. The maximum Gasteiger partial charge on any atom is 0.490 e. The van der Waals surface area contributed by atoms with Crippen molar-refractivity contribution in [2.75, 3.05) is 35.8 Å². The fourth-order valence-corrected chi connectivity index (χ4v) is 16.4. The number of hydrogen-bond acceptors (Lipinski definition) is 22. The van der Waals surface area contributed by atoms with Gasteiger partial charge in [-0.3, -0.25) is 42.6 Å². The number of aromatic nitrogens is 1. The third kappa shape index (κ3) is 27.9. The maximum absolute atomic E-state index is 13.3. The summed E-state index contributed by atoms with van der Waals surface area (Å²) < 4.78 is 122. The van der Waals surface area contributed by atoms with Crippen LogP contribution in [-0.4, -0.2) is 112 Å². The van der Waals surface area contributed by atoms with Gasteiger partial charge in [-0.15, -0.1) is 45.3 Å². The lowest BCUT2D eigenvalue weighted by atomic mass is 10.1. The number of hydrogen-bond donors (Lipinski definition) is 14. The molecule has 5 heterocycles. The Bertz CT molecular complexity index is 6360. The third-order valence-corrected chi connectivity index (χ3v) is 23.3. The molecule has 680 valence electrons. The average molecular weight is 1900 g/mol. The molecule has 3 amide bonds. The molecule has 0 spiro atoms. The summed E-state index contributed by atoms with van der Waals surface area (Å²) in [7, 11) is 0. The molecule has 0 radical (unpaired) electrons. The number of benzene rings is 10. The van der Waals surface area contributed by atoms with Gasteiger partial charge in [-0.05, 0) is 149 Å². The lowest BCUT2D eigenvalue weighted by Crippen LogP contribution is -2.21. The highest BCUT2D eigenvalue weighted by atomic mass is 35.5. The molecule has 0 saturated carbocycles. The van der Waals surface area contributed by atoms with Gasteiger partial charge in [-0.2, -0.15) is 26.3 Å². The second kappa shape index (κ2) is 45.7. The van der Waals surface area contributed by atoms with Crippen molar-refractivity contribution in [1.82, 2.24) is 4.98 Å². The predicted molar refractivity (Wildman–Crippen MR) is 495 cm³/mol. The van der Waals surface area contributed by atoms with Crippen molar-refractivity contribution in [3.8, 4) is 23.0 Å². The number of amidine groups is 4. The van der Waals surface area contributed by atoms with Gasteiger partial charge in [-0.25, -0.2) is 28.4 Å². The number of carboxylic acid groups (broad SMARTS) is 2. The van der Waals surface area contributed by atoms with E-state index >= 15 is 0 Å². The van der Waals surface area contributed by atoms with Gasteiger partial charge in [0.2, 0.25) is 0 Å². The predicted octanol–water partition coefficient (Wildman–Crippen LogP) is 21.3. The Morgan fingerprint density at radius 3 is 1.10 bits per heavy atom. The molecule has 0 bridgehead atoms. The molecule has 15 aromatic rings. The Morgan fingerprint density at radius 1 is 0.424 bits per heavy atom. The molecule has 5 unspecified atom stereocenters. The Labute approximate surface area is 767 Å². The molecule has 5 aromatic heterocycles. The number of nitrogen functional groups attached to an aromatic ring is 4. The highest BCUT2D eigenvalue weighted by Gasteiger charge is 2.39. The number of carboxylic acids is 2. The number of fused-ring (bicyclic) bond motifs is 5. The zero-order valence-electron chi connectivity index (χ0n) is 68.5. The summed E-state index contributed by atoms with van der Waals surface area (Å²) >= 11 is 11.7. The molecule has 18 N–H and O–H groups in total. The molecular weight excluding hydrogens is 1820 g/mol. The molecule has 132 heavy (non-hydrogen) atoms. The van der Waals surface area contributed by atoms with Crippen LogP contribution in [0.2, 0.25) is 5.02 Å². The van der Waals surface area contributed by atoms with E-state index in [2.05, 4.69) is 20.9 Å². The molecule has 1 aliphatic rings. The van der Waals surface area contributed by atoms with E-state index in [9.17, 15) is 50.2 Å². The second-order valence-electron chi connectivity index (χ2n) is 27.9. The van der Waals surface area contributed by atoms with Crippen LogP contribution in [0.4, 0.5) is 62.2 Å². The standard InChI is InChI=1S/C24H20ClN3O3S.C24H20FN3O3S.C23H20N4O3S.C18H16N2O2S.2C2HF3O2/c2*25-16-8-4-9-17(12-16)28-24(29)30-14-20(15-6-2-1-3-7-15)31-19-10-5-11-21-18(19)13-22(32-21)23(26)27;24-22(25)21-12-17-18(9-4-10-20(17)31-21)30-19(15-6-2-1-3-7-15)14-29-23(28)27-16-8-5-11-26-13-16;19-18(20)16-9-12-14(6-3-7-15(12)23-16)22-17-11-5-2-1-4-10(11)8-13(17)21;2*3-2(4,5)1(6)7/h2*1-13,20H,14H2,(H3,26,27)(H,28,29);1-13,19H,14H2,(H3,24,25)(H,27,28);1-7,9,13,17,21H,8H2,(H3,19,20);2*(H,6,7). The van der Waals surface area contributed by atoms with E-state index in [4.69, 9.17) is 109 Å². The van der Waals surface area contributed by atoms with Crippen molar-refractivity contribution in [3.05, 3.63) is 344 Å². The number of nitrogens with two attached hydrogens (primary N) is 4. The number of nitrogens with zero attached hydrogens (tertiary/aromatic N) is 1. The van der Waals surface area contributed by atoms with Gasteiger partial charge in [0.1, 0.15) is 72.0 Å². The molecule has 0 fully saturated rings. The number of rotatable bonds is 24. The van der Waals surface area contributed by atoms with Crippen molar-refractivity contribution in [2.45, 2.75) is 49.3 Å². The Kier molecular flexibility index (Phi) is 33.7. The molecule has 27 nitrogen and oxygen atoms in total. The number of aliphatic hydroxyl groups excluding tert-OH is 1. The van der Waals surface area contributed by atoms with Crippen molar-refractivity contribution in [3.63, 3.8) is 0 Å². The van der Waals surface area contributed by atoms with Crippen LogP contribution in [-0.2, 0) is 30.2 Å². The van der Waals surface area contributed by atoms with Crippen LogP contribution >= 0.6 is 56.9 Å². The monoisotopic (exact) mass is 1900 g/mol. The zero-order valence-corrected chi connectivity index (χ0v) is 72.5. The molecule has 1 aliphatic carbocycles. The maximum atomic E-state index is 13.3. The minimum absolute atomic E-state index is 0.00347. The average Bonchev–Trinajstić information content (AvgIpc) is 1.64. The number of aliphatic carboxylic acids is 2. The van der Waals surface area contributed by atoms with Gasteiger partial charge < -0.3 is 71.4 Å². The Morgan fingerprint density at radius 2 is 0.750 bits per heavy atom. The van der Waals surface area contributed by atoms with E-state index in [0.29, 0.717) is 66.1 Å². The number of carbonyl (C=O) groups excluding carboxylic acids is 3. The highest BCUT2D eigenvalue weighted by molar-refractivity contribution is 7.22. The van der Waals surface area contributed by atoms with Crippen molar-refractivity contribution in [1.29, 1.82) is 21.6 Å². The Hall–Kier alpha value is -15.2. The van der Waals surface area contributed by atoms with E-state index in [0.717, 1.165) is 73.0 Å². The minimum atomic E-state index is -5.08. The first-order chi connectivity index (χ1) is 63.1. The number of thiophene rings is 4. The van der Waals surface area contributed by atoms with E-state index in [1.54, 1.807) is 48.7 Å². The van der Waals surface area contributed by atoms with Crippen molar-refractivity contribution in [2.24, 2.45) is 22.9 Å². The summed E-state index contributed by atoms with van der Waals surface area (Å²) in [6.07, 6.45) is -10.9. The minimum Gasteiger partial charge on any atom is -0.482 e. The fourth-order valence-electron chi connectivity index (χ4n) is 12.4. The van der Waals surface area contributed by atoms with Gasteiger partial charge in [-0.1, -0.05) is 163 Å². The summed E-state index contributed by atoms with van der Waals surface area (Å²) in [5.41, 5.74) is 28.6. The number of aliphatic hydroxyl groups is 1. The van der Waals surface area contributed by atoms with E-state index in [1.807, 2.05) is 212 Å². The van der Waals surface area contributed by atoms with Crippen LogP contribution in [0.5, 0.6) is 23.0 Å². The van der Waals surface area contributed by atoms with Crippen LogP contribution in [0.1, 0.15) is 71.7 Å². The molecule has 16 rings (SSSR count). The number of anilines is 3. The first kappa shape index (κ1) is 97.4. The van der Waals surface area contributed by atoms with Crippen LogP contribution < -0.4 is 57.8 Å². The fraction of sp³-hybridized carbons (Fsp3) is 0.118. The SMILES string of the molecule is N=C(N)c1cc2c(OC(COC(=O)Nc3cccc(Cl)c3)c3ccccc3)cccc2s1.N=C(N)c1cc2c(OC(COC(=O)Nc3cccc(F)c3)c3ccccc3)cccc2s1.N=C(N)c1cc2c(OC(COC(=O)Nc3cccnc3)c3ccccc3)cccc2s1.N=C(N)c1cc2c(OC3c4ccccc4CC3O)cccc2s1.O=C(O)C(F)(F)F.O=C(O)C(F)(F)F. The first-order valence-electron chi connectivity index (χ1n) is 39.0. The lowest BCUT2D eigenvalue weighted by molar-refractivity contribution is -0.193. The normalized spacial score (nSPS) is 13.0. The number of ether oxygens (including phenoxy) is 7. The lowest BCUT2D eigenvalue weighted by Gasteiger charge is -2.20. The number of nitrogens with one attached hydrogen (secondary N) is 7. The van der Waals surface area contributed by atoms with Gasteiger partial charge in [0.15, 0.2) is 24.4 Å². The molecule has 39 heteroatoms. The largest absolute Gasteiger partial charge is 0.490 e. The summed E-state index contributed by atoms with van der Waals surface area (Å²) in [6.45, 7) is -0.0576. The number of halogens is 8. The van der Waals surface area contributed by atoms with Crippen molar-refractivity contribution >= 4 is 168 Å². The summed E-state index contributed by atoms with van der Waals surface area (Å²) in [4.78, 5) is 61.3. The quantitative estimate of drug-likeness (QED) is 0.0116. The van der Waals surface area contributed by atoms with Gasteiger partial charge in [0, 0.05) is 69.4 Å². The summed E-state index contributed by atoms with van der Waals surface area (Å²) in [6, 6.07) is 82.5. The van der Waals surface area contributed by atoms with Crippen LogP contribution in [0.25, 0.3) is 40.3 Å². The van der Waals surface area contributed by atoms with E-state index in [-0.39, 0.29) is 49.3 Å². The van der Waals surface area contributed by atoms with Crippen LogP contribution in [0.3, 0.4) is 0 Å². The van der Waals surface area contributed by atoms with E-state index < -0.39 is 72.8 Å². The number of amides is 3. The first-order valence-corrected chi connectivity index (χ1v) is 42.6. The molecular formula is C93H78ClF7N12O15S4. The summed E-state index contributed by atoms with van der Waals surface area (Å²) in [5, 5.41) is 67.1. The zero-order chi connectivity index (χ0) is 94.8. The third-order valence-electron chi connectivity index (χ3n) is 18.5. The Balaban J connectivity index is 0.000000162. The van der Waals surface area contributed by atoms with Gasteiger partial charge >= 0.3 is 42.6 Å². The number of alkyl halides is 6.